The molecule has 0 aliphatic carbocycles. The van der Waals surface area contributed by atoms with Crippen molar-refractivity contribution in [2.24, 2.45) is 0 Å². The third-order valence-electron chi connectivity index (χ3n) is 11.5. The Hall–Kier alpha value is -7.93. The fourth-order valence-corrected chi connectivity index (χ4v) is 8.01. The van der Waals surface area contributed by atoms with E-state index in [9.17, 15) is 5.26 Å². The smallest absolute Gasteiger partial charge is 0.100 e. The molecule has 0 N–H and O–H groups in total. The summed E-state index contributed by atoms with van der Waals surface area (Å²) < 4.78 is 0. The van der Waals surface area contributed by atoms with Gasteiger partial charge in [-0.3, -0.25) is 0 Å². The first-order valence-corrected chi connectivity index (χ1v) is 21.1. The summed E-state index contributed by atoms with van der Waals surface area (Å²) in [5.41, 5.74) is 16.7. The van der Waals surface area contributed by atoms with Crippen molar-refractivity contribution < 1.29 is 0 Å². The first kappa shape index (κ1) is 39.5. The molecule has 0 unspecified atom stereocenters. The molecule has 0 atom stereocenters. The van der Waals surface area contributed by atoms with Gasteiger partial charge >= 0.3 is 0 Å². The lowest BCUT2D eigenvalue weighted by atomic mass is 9.94. The molecule has 0 saturated carbocycles. The van der Waals surface area contributed by atoms with Crippen LogP contribution in [0.25, 0.3) is 45.8 Å². The highest BCUT2D eigenvalue weighted by Gasteiger charge is 2.14. The second-order valence-electron chi connectivity index (χ2n) is 16.2. The highest BCUT2D eigenvalue weighted by molar-refractivity contribution is 6.05. The summed E-state index contributed by atoms with van der Waals surface area (Å²) in [7, 11) is 0. The average molecular weight is 798 g/mol. The Balaban J connectivity index is 0.936. The van der Waals surface area contributed by atoms with Crippen LogP contribution in [0.2, 0.25) is 0 Å². The minimum Gasteiger partial charge on any atom is -0.311 e. The van der Waals surface area contributed by atoms with Gasteiger partial charge in [0.15, 0.2) is 0 Å². The lowest BCUT2D eigenvalue weighted by Gasteiger charge is -2.25. The van der Waals surface area contributed by atoms with E-state index in [1.165, 1.54) is 22.3 Å². The van der Waals surface area contributed by atoms with Crippen LogP contribution in [0.1, 0.15) is 50.1 Å². The lowest BCUT2D eigenvalue weighted by molar-refractivity contribution is 1.27. The lowest BCUT2D eigenvalue weighted by Crippen LogP contribution is -2.09. The Kier molecular flexibility index (Phi) is 11.1. The summed E-state index contributed by atoms with van der Waals surface area (Å²) >= 11 is 0. The van der Waals surface area contributed by atoms with E-state index < -0.39 is 0 Å². The summed E-state index contributed by atoms with van der Waals surface area (Å²) in [5, 5.41) is 14.5. The number of rotatable bonds is 10. The molecule has 9 rings (SSSR count). The minimum atomic E-state index is 0.697. The number of nitrogens with zero attached hydrogens (tertiary/aromatic N) is 3. The quantitative estimate of drug-likeness (QED) is 0.102. The van der Waals surface area contributed by atoms with Crippen LogP contribution in [0.4, 0.5) is 34.1 Å². The van der Waals surface area contributed by atoms with Crippen molar-refractivity contribution in [3.05, 3.63) is 238 Å². The third-order valence-corrected chi connectivity index (χ3v) is 11.5. The maximum absolute atomic E-state index is 10.5. The predicted octanol–water partition coefficient (Wildman–Crippen LogP) is 16.4. The SMILES string of the molecule is Cc1ccc(N(c2ccc(C)cc2)c2ccc(/C=C/c3ccc4c(C#N)c5cc(/C=C/c6ccc(N(c7ccc(C)cc7)c7ccc(C)cc7)cc6)ccc5cc4c3)cc2)cc1. The zero-order valence-electron chi connectivity index (χ0n) is 35.5. The van der Waals surface area contributed by atoms with Crippen molar-refractivity contribution in [3.63, 3.8) is 0 Å². The summed E-state index contributed by atoms with van der Waals surface area (Å²) in [6.45, 7) is 8.46. The molecule has 9 aromatic carbocycles. The second-order valence-corrected chi connectivity index (χ2v) is 16.2. The molecule has 0 aliphatic rings. The summed E-state index contributed by atoms with van der Waals surface area (Å²) in [5.74, 6) is 0. The Labute approximate surface area is 365 Å². The van der Waals surface area contributed by atoms with Crippen LogP contribution >= 0.6 is 0 Å². The molecule has 0 saturated heterocycles. The van der Waals surface area contributed by atoms with Crippen molar-refractivity contribution in [3.8, 4) is 6.07 Å². The summed E-state index contributed by atoms with van der Waals surface area (Å²) in [6, 6.07) is 69.4. The predicted molar refractivity (Wildman–Crippen MR) is 265 cm³/mol. The maximum atomic E-state index is 10.5. The maximum Gasteiger partial charge on any atom is 0.100 e. The second kappa shape index (κ2) is 17.3. The number of anilines is 6. The van der Waals surface area contributed by atoms with Crippen molar-refractivity contribution >= 4 is 80.0 Å². The third kappa shape index (κ3) is 8.54. The highest BCUT2D eigenvalue weighted by atomic mass is 15.1. The zero-order valence-corrected chi connectivity index (χ0v) is 35.5. The average Bonchev–Trinajstić information content (AvgIpc) is 3.30. The standard InChI is InChI=1S/C59H47N3/c1-41-5-24-51(25-6-41)61(52-26-7-42(2)8-27-52)55-32-18-45(19-33-55)13-15-47-22-36-57-50(37-47)39-49-23-17-48(38-58(49)59(57)40-60)16-14-46-20-34-56(35-21-46)62(53-28-9-43(3)10-29-53)54-30-11-44(4)12-31-54/h5-39H,1-4H3/b15-13+,16-14+. The van der Waals surface area contributed by atoms with Gasteiger partial charge in [-0.2, -0.15) is 5.26 Å². The molecule has 0 aromatic heterocycles. The first-order chi connectivity index (χ1) is 30.3. The van der Waals surface area contributed by atoms with Gasteiger partial charge in [-0.1, -0.05) is 144 Å². The van der Waals surface area contributed by atoms with Crippen LogP contribution in [0.5, 0.6) is 0 Å². The molecule has 0 fully saturated rings. The van der Waals surface area contributed by atoms with Crippen LogP contribution in [0, 0.1) is 39.0 Å². The van der Waals surface area contributed by atoms with E-state index in [1.54, 1.807) is 0 Å². The van der Waals surface area contributed by atoms with Gasteiger partial charge in [-0.25, -0.2) is 0 Å². The fraction of sp³-hybridized carbons (Fsp3) is 0.0678. The van der Waals surface area contributed by atoms with Crippen LogP contribution < -0.4 is 9.80 Å². The van der Waals surface area contributed by atoms with E-state index >= 15 is 0 Å². The van der Waals surface area contributed by atoms with Gasteiger partial charge in [0, 0.05) is 44.9 Å². The molecule has 3 nitrogen and oxygen atoms in total. The Bertz CT molecular complexity index is 3020. The monoisotopic (exact) mass is 797 g/mol. The molecule has 3 heteroatoms. The molecule has 0 aliphatic heterocycles. The van der Waals surface area contributed by atoms with E-state index in [1.807, 2.05) is 0 Å². The fourth-order valence-electron chi connectivity index (χ4n) is 8.01. The first-order valence-electron chi connectivity index (χ1n) is 21.1. The van der Waals surface area contributed by atoms with Gasteiger partial charge in [0.25, 0.3) is 0 Å². The van der Waals surface area contributed by atoms with Gasteiger partial charge in [0.05, 0.1) is 5.56 Å². The van der Waals surface area contributed by atoms with Gasteiger partial charge in [0.2, 0.25) is 0 Å². The van der Waals surface area contributed by atoms with Gasteiger partial charge in [-0.05, 0) is 152 Å². The molecular weight excluding hydrogens is 751 g/mol. The summed E-state index contributed by atoms with van der Waals surface area (Å²) in [4.78, 5) is 4.58. The Morgan fingerprint density at radius 1 is 0.323 bits per heavy atom. The van der Waals surface area contributed by atoms with E-state index in [2.05, 4.69) is 256 Å². The minimum absolute atomic E-state index is 0.697. The molecule has 9 aromatic rings. The largest absolute Gasteiger partial charge is 0.311 e. The molecule has 0 heterocycles. The number of nitriles is 1. The van der Waals surface area contributed by atoms with Crippen molar-refractivity contribution in [2.75, 3.05) is 9.80 Å². The van der Waals surface area contributed by atoms with Gasteiger partial charge in [-0.15, -0.1) is 0 Å². The number of fused-ring (bicyclic) bond motifs is 2. The van der Waals surface area contributed by atoms with E-state index in [0.29, 0.717) is 5.56 Å². The Morgan fingerprint density at radius 3 is 1.03 bits per heavy atom. The molecule has 0 amide bonds. The van der Waals surface area contributed by atoms with Crippen molar-refractivity contribution in [2.45, 2.75) is 27.7 Å². The van der Waals surface area contributed by atoms with E-state index in [-0.39, 0.29) is 0 Å². The number of benzene rings is 9. The van der Waals surface area contributed by atoms with E-state index in [4.69, 9.17) is 0 Å². The molecule has 0 bridgehead atoms. The number of hydrogen-bond acceptors (Lipinski definition) is 3. The van der Waals surface area contributed by atoms with Crippen LogP contribution in [0.3, 0.4) is 0 Å². The highest BCUT2D eigenvalue weighted by Crippen LogP contribution is 2.37. The van der Waals surface area contributed by atoms with Crippen molar-refractivity contribution in [1.29, 1.82) is 5.26 Å². The molecular formula is C59H47N3. The topological polar surface area (TPSA) is 30.3 Å². The molecule has 0 spiro atoms. The van der Waals surface area contributed by atoms with Crippen molar-refractivity contribution in [1.82, 2.24) is 0 Å². The molecule has 298 valence electrons. The number of hydrogen-bond donors (Lipinski definition) is 0. The van der Waals surface area contributed by atoms with Gasteiger partial charge < -0.3 is 9.80 Å². The molecule has 62 heavy (non-hydrogen) atoms. The Morgan fingerprint density at radius 2 is 0.645 bits per heavy atom. The summed E-state index contributed by atoms with van der Waals surface area (Å²) in [6.07, 6.45) is 8.55. The zero-order chi connectivity index (χ0) is 42.6. The molecule has 0 radical (unpaired) electrons. The van der Waals surface area contributed by atoms with E-state index in [0.717, 1.165) is 77.9 Å². The van der Waals surface area contributed by atoms with Crippen LogP contribution in [0.15, 0.2) is 188 Å². The number of aryl methyl sites for hydroxylation is 4. The normalized spacial score (nSPS) is 11.4. The van der Waals surface area contributed by atoms with Crippen LogP contribution in [-0.2, 0) is 0 Å². The van der Waals surface area contributed by atoms with Gasteiger partial charge in [0.1, 0.15) is 6.07 Å². The van der Waals surface area contributed by atoms with Crippen LogP contribution in [-0.4, -0.2) is 0 Å².